The van der Waals surface area contributed by atoms with Gasteiger partial charge in [0.1, 0.15) is 0 Å². The summed E-state index contributed by atoms with van der Waals surface area (Å²) in [6.45, 7) is 1.36. The van der Waals surface area contributed by atoms with Crippen molar-refractivity contribution < 1.29 is 5.11 Å². The summed E-state index contributed by atoms with van der Waals surface area (Å²) in [6.07, 6.45) is 0. The van der Waals surface area contributed by atoms with Gasteiger partial charge in [-0.2, -0.15) is 0 Å². The van der Waals surface area contributed by atoms with E-state index in [4.69, 9.17) is 34.8 Å². The van der Waals surface area contributed by atoms with Crippen LogP contribution in [-0.4, -0.2) is 14.7 Å². The molecule has 1 heterocycles. The van der Waals surface area contributed by atoms with Gasteiger partial charge in [0, 0.05) is 5.02 Å². The van der Waals surface area contributed by atoms with Crippen LogP contribution < -0.4 is 11.2 Å². The molecule has 100 valence electrons. The molecule has 5 nitrogen and oxygen atoms in total. The Balaban J connectivity index is 2.92. The summed E-state index contributed by atoms with van der Waals surface area (Å²) in [5, 5.41) is 10.3. The molecule has 0 bridgehead atoms. The molecule has 0 amide bonds. The third-order valence-electron chi connectivity index (χ3n) is 2.52. The van der Waals surface area contributed by atoms with E-state index in [0.717, 1.165) is 4.57 Å². The topological polar surface area (TPSA) is 75.1 Å². The number of nitrogens with one attached hydrogen (secondary N) is 1. The quantitative estimate of drug-likeness (QED) is 0.847. The molecule has 1 aromatic heterocycles. The van der Waals surface area contributed by atoms with E-state index in [2.05, 4.69) is 4.98 Å². The number of aromatic nitrogens is 2. The van der Waals surface area contributed by atoms with Crippen LogP contribution in [0.4, 0.5) is 0 Å². The Hall–Kier alpha value is -1.43. The number of aromatic hydroxyl groups is 1. The Morgan fingerprint density at radius 3 is 2.21 bits per heavy atom. The van der Waals surface area contributed by atoms with Crippen molar-refractivity contribution in [3.8, 4) is 11.6 Å². The molecule has 1 aromatic carbocycles. The van der Waals surface area contributed by atoms with Crippen LogP contribution in [0.25, 0.3) is 5.69 Å². The molecule has 0 saturated heterocycles. The second-order valence-electron chi connectivity index (χ2n) is 3.76. The average Bonchev–Trinajstić information content (AvgIpc) is 2.29. The maximum Gasteiger partial charge on any atom is 0.335 e. The van der Waals surface area contributed by atoms with Gasteiger partial charge in [0.05, 0.1) is 21.3 Å². The van der Waals surface area contributed by atoms with E-state index >= 15 is 0 Å². The molecule has 0 unspecified atom stereocenters. The fraction of sp³-hybridized carbons (Fsp3) is 0.0909. The van der Waals surface area contributed by atoms with Crippen LogP contribution in [-0.2, 0) is 0 Å². The van der Waals surface area contributed by atoms with E-state index in [0.29, 0.717) is 0 Å². The molecule has 2 N–H and O–H groups in total. The Kier molecular flexibility index (Phi) is 3.62. The van der Waals surface area contributed by atoms with Gasteiger partial charge in [-0.1, -0.05) is 34.8 Å². The van der Waals surface area contributed by atoms with Gasteiger partial charge < -0.3 is 5.11 Å². The SMILES string of the molecule is Cc1c(O)n(-c2c(Cl)cc(Cl)cc2Cl)c(=O)[nH]c1=O. The average molecular weight is 322 g/mol. The lowest BCUT2D eigenvalue weighted by Gasteiger charge is -2.13. The van der Waals surface area contributed by atoms with Crippen LogP contribution in [0, 0.1) is 6.92 Å². The van der Waals surface area contributed by atoms with E-state index in [-0.39, 0.29) is 26.3 Å². The molecule has 0 saturated carbocycles. The van der Waals surface area contributed by atoms with Crippen molar-refractivity contribution in [1.82, 2.24) is 9.55 Å². The predicted octanol–water partition coefficient (Wildman–Crippen LogP) is 2.50. The molecule has 0 aliphatic rings. The van der Waals surface area contributed by atoms with Gasteiger partial charge in [-0.25, -0.2) is 9.36 Å². The highest BCUT2D eigenvalue weighted by atomic mass is 35.5. The highest BCUT2D eigenvalue weighted by Gasteiger charge is 2.17. The van der Waals surface area contributed by atoms with E-state index in [1.54, 1.807) is 0 Å². The molecule has 0 atom stereocenters. The van der Waals surface area contributed by atoms with Gasteiger partial charge in [0.25, 0.3) is 5.56 Å². The van der Waals surface area contributed by atoms with Crippen LogP contribution in [0.15, 0.2) is 21.7 Å². The second-order valence-corrected chi connectivity index (χ2v) is 5.01. The molecule has 0 fully saturated rings. The Morgan fingerprint density at radius 2 is 1.68 bits per heavy atom. The normalized spacial score (nSPS) is 10.7. The zero-order valence-electron chi connectivity index (χ0n) is 9.50. The van der Waals surface area contributed by atoms with Gasteiger partial charge in [-0.3, -0.25) is 9.78 Å². The third-order valence-corrected chi connectivity index (χ3v) is 3.31. The van der Waals surface area contributed by atoms with Crippen LogP contribution in [0.2, 0.25) is 15.1 Å². The predicted molar refractivity (Wildman–Crippen MR) is 74.1 cm³/mol. The summed E-state index contributed by atoms with van der Waals surface area (Å²) >= 11 is 17.7. The minimum Gasteiger partial charge on any atom is -0.494 e. The Bertz CT molecular complexity index is 757. The number of nitrogens with zero attached hydrogens (tertiary/aromatic N) is 1. The van der Waals surface area contributed by atoms with E-state index in [9.17, 15) is 14.7 Å². The largest absolute Gasteiger partial charge is 0.494 e. The number of halogens is 3. The monoisotopic (exact) mass is 320 g/mol. The summed E-state index contributed by atoms with van der Waals surface area (Å²) in [5.41, 5.74) is -1.50. The summed E-state index contributed by atoms with van der Waals surface area (Å²) in [6, 6.07) is 2.74. The van der Waals surface area contributed by atoms with Crippen LogP contribution in [0.1, 0.15) is 5.56 Å². The second kappa shape index (κ2) is 4.92. The van der Waals surface area contributed by atoms with Crippen molar-refractivity contribution in [3.63, 3.8) is 0 Å². The summed E-state index contributed by atoms with van der Waals surface area (Å²) in [4.78, 5) is 25.2. The number of aromatic amines is 1. The van der Waals surface area contributed by atoms with Crippen molar-refractivity contribution in [2.75, 3.05) is 0 Å². The fourth-order valence-corrected chi connectivity index (χ4v) is 2.55. The number of hydrogen-bond donors (Lipinski definition) is 2. The first kappa shape index (κ1) is 14.0. The van der Waals surface area contributed by atoms with Crippen molar-refractivity contribution in [3.05, 3.63) is 53.6 Å². The molecule has 0 radical (unpaired) electrons. The van der Waals surface area contributed by atoms with Gasteiger partial charge in [0.15, 0.2) is 0 Å². The van der Waals surface area contributed by atoms with Crippen molar-refractivity contribution in [1.29, 1.82) is 0 Å². The minimum absolute atomic E-state index is 0.0262. The molecule has 19 heavy (non-hydrogen) atoms. The molecule has 0 aliphatic carbocycles. The molecule has 0 spiro atoms. The van der Waals surface area contributed by atoms with E-state index in [1.807, 2.05) is 0 Å². The van der Waals surface area contributed by atoms with Gasteiger partial charge in [0.2, 0.25) is 5.88 Å². The number of benzene rings is 1. The highest BCUT2D eigenvalue weighted by Crippen LogP contribution is 2.33. The van der Waals surface area contributed by atoms with Crippen molar-refractivity contribution >= 4 is 34.8 Å². The minimum atomic E-state index is -0.848. The lowest BCUT2D eigenvalue weighted by atomic mass is 10.3. The van der Waals surface area contributed by atoms with Gasteiger partial charge in [-0.05, 0) is 19.1 Å². The maximum atomic E-state index is 11.8. The van der Waals surface area contributed by atoms with Gasteiger partial charge >= 0.3 is 5.69 Å². The Labute approximate surface area is 122 Å². The molecule has 0 aliphatic heterocycles. The van der Waals surface area contributed by atoms with Crippen LogP contribution in [0.3, 0.4) is 0 Å². The smallest absolute Gasteiger partial charge is 0.335 e. The maximum absolute atomic E-state index is 11.8. The molecule has 2 aromatic rings. The number of H-pyrrole nitrogens is 1. The molecule has 2 rings (SSSR count). The van der Waals surface area contributed by atoms with E-state index in [1.165, 1.54) is 19.1 Å². The zero-order valence-corrected chi connectivity index (χ0v) is 11.8. The summed E-state index contributed by atoms with van der Waals surface area (Å²) < 4.78 is 0.817. The van der Waals surface area contributed by atoms with Crippen LogP contribution in [0.5, 0.6) is 5.88 Å². The lowest BCUT2D eigenvalue weighted by Crippen LogP contribution is -2.30. The van der Waals surface area contributed by atoms with Crippen molar-refractivity contribution in [2.24, 2.45) is 0 Å². The first-order chi connectivity index (χ1) is 8.82. The van der Waals surface area contributed by atoms with E-state index < -0.39 is 17.1 Å². The lowest BCUT2D eigenvalue weighted by molar-refractivity contribution is 0.426. The number of rotatable bonds is 1. The first-order valence-electron chi connectivity index (χ1n) is 5.02. The van der Waals surface area contributed by atoms with Gasteiger partial charge in [-0.15, -0.1) is 0 Å². The summed E-state index contributed by atoms with van der Waals surface area (Å²) in [5.74, 6) is -0.528. The van der Waals surface area contributed by atoms with Crippen LogP contribution >= 0.6 is 34.8 Å². The zero-order chi connectivity index (χ0) is 14.3. The molecular formula is C11H7Cl3N2O3. The summed E-state index contributed by atoms with van der Waals surface area (Å²) in [7, 11) is 0. The standard InChI is InChI=1S/C11H7Cl3N2O3/c1-4-9(17)15-11(19)16(10(4)18)8-6(13)2-5(12)3-7(8)14/h2-3,18H,1H3,(H,15,17,19). The number of hydrogen-bond acceptors (Lipinski definition) is 3. The Morgan fingerprint density at radius 1 is 1.16 bits per heavy atom. The van der Waals surface area contributed by atoms with Crippen molar-refractivity contribution in [2.45, 2.75) is 6.92 Å². The third kappa shape index (κ3) is 2.36. The molecular weight excluding hydrogens is 314 g/mol. The molecule has 8 heteroatoms. The first-order valence-corrected chi connectivity index (χ1v) is 6.16. The fourth-order valence-electron chi connectivity index (χ4n) is 1.57. The highest BCUT2D eigenvalue weighted by molar-refractivity contribution is 6.40.